The van der Waals surface area contributed by atoms with E-state index in [1.165, 1.54) is 4.90 Å². The summed E-state index contributed by atoms with van der Waals surface area (Å²) >= 11 is 0. The second-order valence-corrected chi connectivity index (χ2v) is 5.34. The molecule has 0 spiro atoms. The van der Waals surface area contributed by atoms with Gasteiger partial charge in [0.15, 0.2) is 18.2 Å². The molecule has 1 atom stereocenters. The Morgan fingerprint density at radius 1 is 1.46 bits per heavy atom. The molecular weight excluding hydrogens is 320 g/mol. The standard InChI is InChI=1S/C14H16N4O6/c19-11-7-23-9-3-4-10(16-12(9)17-11)18-6-8(24-14(18)22)2-1-5-15-13(20)21/h3-4,8,15H,1-2,5-7H2,(H,20,21)(H,16,17,19). The SMILES string of the molecule is O=C(O)NCCCC1CN(c2ccc3c(n2)NC(=O)CO3)C(=O)O1. The minimum Gasteiger partial charge on any atom is -0.480 e. The summed E-state index contributed by atoms with van der Waals surface area (Å²) in [5.41, 5.74) is 0. The van der Waals surface area contributed by atoms with Crippen LogP contribution in [0, 0.1) is 0 Å². The number of ether oxygens (including phenoxy) is 2. The van der Waals surface area contributed by atoms with Gasteiger partial charge in [0.1, 0.15) is 11.9 Å². The lowest BCUT2D eigenvalue weighted by Gasteiger charge is -2.19. The van der Waals surface area contributed by atoms with Crippen LogP contribution in [0.2, 0.25) is 0 Å². The minimum atomic E-state index is -1.08. The van der Waals surface area contributed by atoms with Gasteiger partial charge in [0.2, 0.25) is 0 Å². The van der Waals surface area contributed by atoms with E-state index < -0.39 is 12.2 Å². The number of amides is 3. The second kappa shape index (κ2) is 6.60. The fourth-order valence-corrected chi connectivity index (χ4v) is 2.49. The molecule has 3 N–H and O–H groups in total. The quantitative estimate of drug-likeness (QED) is 0.677. The number of cyclic esters (lactones) is 1. The molecule has 0 bridgehead atoms. The van der Waals surface area contributed by atoms with Gasteiger partial charge in [-0.05, 0) is 25.0 Å². The number of anilines is 2. The molecule has 1 fully saturated rings. The van der Waals surface area contributed by atoms with E-state index in [0.717, 1.165) is 0 Å². The van der Waals surface area contributed by atoms with E-state index in [1.807, 2.05) is 0 Å². The van der Waals surface area contributed by atoms with E-state index in [0.29, 0.717) is 37.5 Å². The smallest absolute Gasteiger partial charge is 0.415 e. The Balaban J connectivity index is 1.61. The molecule has 0 radical (unpaired) electrons. The zero-order chi connectivity index (χ0) is 17.1. The van der Waals surface area contributed by atoms with Gasteiger partial charge in [-0.15, -0.1) is 0 Å². The van der Waals surface area contributed by atoms with Crippen molar-refractivity contribution in [1.29, 1.82) is 0 Å². The summed E-state index contributed by atoms with van der Waals surface area (Å²) in [6.07, 6.45) is -0.853. The van der Waals surface area contributed by atoms with E-state index in [4.69, 9.17) is 14.6 Å². The van der Waals surface area contributed by atoms with Crippen molar-refractivity contribution in [2.24, 2.45) is 0 Å². The lowest BCUT2D eigenvalue weighted by Crippen LogP contribution is -2.29. The number of carboxylic acid groups (broad SMARTS) is 1. The maximum absolute atomic E-state index is 12.0. The topological polar surface area (TPSA) is 130 Å². The van der Waals surface area contributed by atoms with Crippen LogP contribution in [0.4, 0.5) is 21.2 Å². The number of hydrogen-bond donors (Lipinski definition) is 3. The number of nitrogens with zero attached hydrogens (tertiary/aromatic N) is 2. The predicted molar refractivity (Wildman–Crippen MR) is 81.2 cm³/mol. The van der Waals surface area contributed by atoms with Crippen LogP contribution in [0.5, 0.6) is 5.75 Å². The third-order valence-corrected chi connectivity index (χ3v) is 3.59. The molecule has 2 aliphatic rings. The van der Waals surface area contributed by atoms with Crippen LogP contribution >= 0.6 is 0 Å². The summed E-state index contributed by atoms with van der Waals surface area (Å²) in [5, 5.41) is 13.3. The lowest BCUT2D eigenvalue weighted by atomic mass is 10.2. The van der Waals surface area contributed by atoms with Crippen LogP contribution in [0.15, 0.2) is 12.1 Å². The second-order valence-electron chi connectivity index (χ2n) is 5.34. The predicted octanol–water partition coefficient (Wildman–Crippen LogP) is 0.785. The van der Waals surface area contributed by atoms with Crippen molar-refractivity contribution in [1.82, 2.24) is 10.3 Å². The van der Waals surface area contributed by atoms with Crippen molar-refractivity contribution < 1.29 is 29.0 Å². The van der Waals surface area contributed by atoms with Gasteiger partial charge in [0, 0.05) is 6.54 Å². The molecule has 0 aliphatic carbocycles. The van der Waals surface area contributed by atoms with Gasteiger partial charge in [-0.2, -0.15) is 0 Å². The van der Waals surface area contributed by atoms with Gasteiger partial charge >= 0.3 is 12.2 Å². The average molecular weight is 336 g/mol. The lowest BCUT2D eigenvalue weighted by molar-refractivity contribution is -0.118. The molecule has 10 nitrogen and oxygen atoms in total. The fraction of sp³-hybridized carbons (Fsp3) is 0.429. The zero-order valence-electron chi connectivity index (χ0n) is 12.7. The Morgan fingerprint density at radius 2 is 2.29 bits per heavy atom. The number of carbonyl (C=O) groups excluding carboxylic acids is 2. The Kier molecular flexibility index (Phi) is 4.36. The number of carbonyl (C=O) groups is 3. The molecule has 3 heterocycles. The molecule has 3 amide bonds. The van der Waals surface area contributed by atoms with E-state index in [9.17, 15) is 14.4 Å². The average Bonchev–Trinajstić information content (AvgIpc) is 2.91. The first-order valence-corrected chi connectivity index (χ1v) is 7.41. The van der Waals surface area contributed by atoms with Crippen molar-refractivity contribution in [2.45, 2.75) is 18.9 Å². The molecule has 1 aromatic heterocycles. The van der Waals surface area contributed by atoms with Crippen molar-refractivity contribution >= 4 is 29.7 Å². The minimum absolute atomic E-state index is 0.0633. The summed E-state index contributed by atoms with van der Waals surface area (Å²) in [5.74, 6) is 0.767. The molecule has 3 rings (SSSR count). The van der Waals surface area contributed by atoms with Crippen molar-refractivity contribution in [3.63, 3.8) is 0 Å². The zero-order valence-corrected chi connectivity index (χ0v) is 12.7. The Bertz CT molecular complexity index is 679. The number of aromatic nitrogens is 1. The molecule has 1 aromatic rings. The third-order valence-electron chi connectivity index (χ3n) is 3.59. The maximum atomic E-state index is 12.0. The highest BCUT2D eigenvalue weighted by atomic mass is 16.6. The number of hydrogen-bond acceptors (Lipinski definition) is 6. The van der Waals surface area contributed by atoms with Gasteiger partial charge < -0.3 is 25.2 Å². The fourth-order valence-electron chi connectivity index (χ4n) is 2.49. The van der Waals surface area contributed by atoms with Gasteiger partial charge in [0.05, 0.1) is 6.54 Å². The highest BCUT2D eigenvalue weighted by molar-refractivity contribution is 5.95. The molecule has 1 unspecified atom stereocenters. The molecular formula is C14H16N4O6. The van der Waals surface area contributed by atoms with E-state index in [2.05, 4.69) is 15.6 Å². The molecule has 10 heteroatoms. The summed E-state index contributed by atoms with van der Waals surface area (Å²) < 4.78 is 10.5. The molecule has 128 valence electrons. The van der Waals surface area contributed by atoms with Crippen molar-refractivity contribution in [3.05, 3.63) is 12.1 Å². The Morgan fingerprint density at radius 3 is 3.08 bits per heavy atom. The van der Waals surface area contributed by atoms with Gasteiger partial charge in [-0.3, -0.25) is 9.69 Å². The first-order valence-electron chi connectivity index (χ1n) is 7.41. The van der Waals surface area contributed by atoms with Crippen LogP contribution in [0.3, 0.4) is 0 Å². The van der Waals surface area contributed by atoms with E-state index in [1.54, 1.807) is 12.1 Å². The van der Waals surface area contributed by atoms with Crippen LogP contribution in [0.1, 0.15) is 12.8 Å². The van der Waals surface area contributed by atoms with Gasteiger partial charge in [-0.25, -0.2) is 14.6 Å². The summed E-state index contributed by atoms with van der Waals surface area (Å²) in [4.78, 5) is 39.3. The molecule has 1 saturated heterocycles. The maximum Gasteiger partial charge on any atom is 0.415 e. The number of rotatable bonds is 5. The molecule has 24 heavy (non-hydrogen) atoms. The summed E-state index contributed by atoms with van der Waals surface area (Å²) in [6.45, 7) is 0.544. The molecule has 0 saturated carbocycles. The van der Waals surface area contributed by atoms with Crippen LogP contribution in [-0.4, -0.2) is 54.0 Å². The Hall–Kier alpha value is -3.04. The van der Waals surface area contributed by atoms with Gasteiger partial charge in [-0.1, -0.05) is 0 Å². The third kappa shape index (κ3) is 3.47. The van der Waals surface area contributed by atoms with Crippen LogP contribution < -0.4 is 20.3 Å². The highest BCUT2D eigenvalue weighted by Gasteiger charge is 2.33. The van der Waals surface area contributed by atoms with Crippen LogP contribution in [0.25, 0.3) is 0 Å². The largest absolute Gasteiger partial charge is 0.480 e. The molecule has 2 aliphatic heterocycles. The van der Waals surface area contributed by atoms with E-state index >= 15 is 0 Å². The van der Waals surface area contributed by atoms with E-state index in [-0.39, 0.29) is 24.4 Å². The van der Waals surface area contributed by atoms with Crippen molar-refractivity contribution in [3.8, 4) is 5.75 Å². The highest BCUT2D eigenvalue weighted by Crippen LogP contribution is 2.30. The molecule has 0 aromatic carbocycles. The van der Waals surface area contributed by atoms with Crippen molar-refractivity contribution in [2.75, 3.05) is 29.9 Å². The normalized spacial score (nSPS) is 19.2. The monoisotopic (exact) mass is 336 g/mol. The Labute approximate surface area is 136 Å². The number of fused-ring (bicyclic) bond motifs is 1. The van der Waals surface area contributed by atoms with Gasteiger partial charge in [0.25, 0.3) is 5.91 Å². The number of pyridine rings is 1. The number of nitrogens with one attached hydrogen (secondary N) is 2. The summed E-state index contributed by atoms with van der Waals surface area (Å²) in [6, 6.07) is 3.25. The first kappa shape index (κ1) is 15.8. The van der Waals surface area contributed by atoms with Crippen LogP contribution in [-0.2, 0) is 9.53 Å². The summed E-state index contributed by atoms with van der Waals surface area (Å²) in [7, 11) is 0. The first-order chi connectivity index (χ1) is 11.5.